The Morgan fingerprint density at radius 1 is 1.16 bits per heavy atom. The van der Waals surface area contributed by atoms with Crippen molar-refractivity contribution >= 4 is 11.9 Å². The predicted molar refractivity (Wildman–Crippen MR) is 78.0 cm³/mol. The summed E-state index contributed by atoms with van der Waals surface area (Å²) in [5.74, 6) is 1.44. The van der Waals surface area contributed by atoms with Crippen LogP contribution in [0.25, 0.3) is 11.4 Å². The van der Waals surface area contributed by atoms with Crippen molar-refractivity contribution in [2.75, 3.05) is 24.7 Å². The highest BCUT2D eigenvalue weighted by Gasteiger charge is 2.08. The van der Waals surface area contributed by atoms with Gasteiger partial charge < -0.3 is 10.6 Å². The van der Waals surface area contributed by atoms with E-state index in [0.717, 1.165) is 18.4 Å². The number of nitrogens with two attached hydrogens (primary N) is 1. The number of anilines is 2. The van der Waals surface area contributed by atoms with Crippen LogP contribution in [0, 0.1) is 0 Å². The zero-order valence-corrected chi connectivity index (χ0v) is 11.6. The van der Waals surface area contributed by atoms with E-state index in [1.54, 1.807) is 0 Å². The van der Waals surface area contributed by atoms with E-state index >= 15 is 0 Å². The summed E-state index contributed by atoms with van der Waals surface area (Å²) in [4.78, 5) is 14.6. The molecule has 0 aliphatic rings. The topological polar surface area (TPSA) is 67.9 Å². The van der Waals surface area contributed by atoms with Crippen molar-refractivity contribution in [2.45, 2.75) is 19.8 Å². The molecule has 0 unspecified atom stereocenters. The number of hydrogen-bond donors (Lipinski definition) is 1. The third kappa shape index (κ3) is 3.19. The SMILES string of the molecule is CCCc1cccc(-c2nc(N)nc(N(C)C)n2)c1. The highest BCUT2D eigenvalue weighted by Crippen LogP contribution is 2.19. The second-order valence-corrected chi connectivity index (χ2v) is 4.66. The van der Waals surface area contributed by atoms with E-state index in [9.17, 15) is 0 Å². The van der Waals surface area contributed by atoms with Crippen molar-refractivity contribution < 1.29 is 0 Å². The van der Waals surface area contributed by atoms with E-state index in [0.29, 0.717) is 11.8 Å². The quantitative estimate of drug-likeness (QED) is 0.908. The summed E-state index contributed by atoms with van der Waals surface area (Å²) in [5.41, 5.74) is 8.00. The van der Waals surface area contributed by atoms with E-state index < -0.39 is 0 Å². The molecule has 0 atom stereocenters. The van der Waals surface area contributed by atoms with Crippen LogP contribution in [0.2, 0.25) is 0 Å². The van der Waals surface area contributed by atoms with Crippen LogP contribution in [0.4, 0.5) is 11.9 Å². The van der Waals surface area contributed by atoms with Gasteiger partial charge in [-0.05, 0) is 18.1 Å². The first-order valence-electron chi connectivity index (χ1n) is 6.38. The number of rotatable bonds is 4. The summed E-state index contributed by atoms with van der Waals surface area (Å²) in [6, 6.07) is 8.24. The van der Waals surface area contributed by atoms with Gasteiger partial charge in [0.25, 0.3) is 0 Å². The number of nitrogen functional groups attached to an aromatic ring is 1. The maximum absolute atomic E-state index is 5.74. The second kappa shape index (κ2) is 5.65. The number of hydrogen-bond acceptors (Lipinski definition) is 5. The van der Waals surface area contributed by atoms with Crippen molar-refractivity contribution in [1.82, 2.24) is 15.0 Å². The zero-order valence-electron chi connectivity index (χ0n) is 11.6. The van der Waals surface area contributed by atoms with Crippen LogP contribution in [-0.2, 0) is 6.42 Å². The molecule has 1 aromatic carbocycles. The molecule has 0 saturated carbocycles. The first-order chi connectivity index (χ1) is 9.10. The molecule has 19 heavy (non-hydrogen) atoms. The van der Waals surface area contributed by atoms with Gasteiger partial charge in [-0.15, -0.1) is 0 Å². The predicted octanol–water partition coefficient (Wildman–Crippen LogP) is 2.14. The van der Waals surface area contributed by atoms with Gasteiger partial charge in [0.15, 0.2) is 5.82 Å². The molecule has 0 amide bonds. The molecule has 0 aliphatic carbocycles. The molecule has 5 nitrogen and oxygen atoms in total. The monoisotopic (exact) mass is 257 g/mol. The molecular formula is C14H19N5. The van der Waals surface area contributed by atoms with Crippen molar-refractivity contribution in [3.05, 3.63) is 29.8 Å². The van der Waals surface area contributed by atoms with Gasteiger partial charge in [-0.2, -0.15) is 15.0 Å². The minimum Gasteiger partial charge on any atom is -0.368 e. The number of benzene rings is 1. The first-order valence-corrected chi connectivity index (χ1v) is 6.38. The largest absolute Gasteiger partial charge is 0.368 e. The third-order valence-electron chi connectivity index (χ3n) is 2.76. The molecule has 2 aromatic rings. The molecule has 0 bridgehead atoms. The van der Waals surface area contributed by atoms with Crippen LogP contribution in [0.1, 0.15) is 18.9 Å². The van der Waals surface area contributed by atoms with E-state index in [4.69, 9.17) is 5.73 Å². The van der Waals surface area contributed by atoms with Crippen molar-refractivity contribution in [3.63, 3.8) is 0 Å². The molecule has 2 rings (SSSR count). The van der Waals surface area contributed by atoms with Gasteiger partial charge in [0.2, 0.25) is 11.9 Å². The van der Waals surface area contributed by atoms with Gasteiger partial charge >= 0.3 is 0 Å². The first kappa shape index (κ1) is 13.3. The Labute approximate surface area is 113 Å². The minimum absolute atomic E-state index is 0.245. The van der Waals surface area contributed by atoms with E-state index in [1.807, 2.05) is 31.1 Å². The molecule has 0 radical (unpaired) electrons. The van der Waals surface area contributed by atoms with Crippen LogP contribution in [-0.4, -0.2) is 29.0 Å². The molecule has 1 heterocycles. The highest BCUT2D eigenvalue weighted by atomic mass is 15.3. The molecule has 0 aliphatic heterocycles. The molecule has 0 spiro atoms. The van der Waals surface area contributed by atoms with Gasteiger partial charge in [0.05, 0.1) is 0 Å². The molecule has 0 fully saturated rings. The molecule has 100 valence electrons. The highest BCUT2D eigenvalue weighted by molar-refractivity contribution is 5.58. The van der Waals surface area contributed by atoms with E-state index in [1.165, 1.54) is 5.56 Å². The smallest absolute Gasteiger partial charge is 0.230 e. The second-order valence-electron chi connectivity index (χ2n) is 4.66. The lowest BCUT2D eigenvalue weighted by Crippen LogP contribution is -2.15. The average Bonchev–Trinajstić information content (AvgIpc) is 2.38. The standard InChI is InChI=1S/C14H19N5/c1-4-6-10-7-5-8-11(9-10)12-16-13(15)18-14(17-12)19(2)3/h5,7-9H,4,6H2,1-3H3,(H2,15,16,17,18). The van der Waals surface area contributed by atoms with Crippen LogP contribution < -0.4 is 10.6 Å². The fraction of sp³-hybridized carbons (Fsp3) is 0.357. The Hall–Kier alpha value is -2.17. The van der Waals surface area contributed by atoms with Crippen molar-refractivity contribution in [2.24, 2.45) is 0 Å². The van der Waals surface area contributed by atoms with Crippen molar-refractivity contribution in [3.8, 4) is 11.4 Å². The summed E-state index contributed by atoms with van der Waals surface area (Å²) in [6.45, 7) is 2.16. The molecular weight excluding hydrogens is 238 g/mol. The van der Waals surface area contributed by atoms with E-state index in [-0.39, 0.29) is 5.95 Å². The van der Waals surface area contributed by atoms with Crippen LogP contribution in [0.15, 0.2) is 24.3 Å². The Kier molecular flexibility index (Phi) is 3.94. The summed E-state index contributed by atoms with van der Waals surface area (Å²) >= 11 is 0. The van der Waals surface area contributed by atoms with Crippen LogP contribution >= 0.6 is 0 Å². The molecule has 1 aromatic heterocycles. The average molecular weight is 257 g/mol. The Morgan fingerprint density at radius 3 is 2.63 bits per heavy atom. The Morgan fingerprint density at radius 2 is 1.95 bits per heavy atom. The Bertz CT molecular complexity index is 566. The summed E-state index contributed by atoms with van der Waals surface area (Å²) in [7, 11) is 3.76. The van der Waals surface area contributed by atoms with Crippen molar-refractivity contribution in [1.29, 1.82) is 0 Å². The fourth-order valence-corrected chi connectivity index (χ4v) is 1.86. The summed E-state index contributed by atoms with van der Waals surface area (Å²) in [6.07, 6.45) is 2.17. The summed E-state index contributed by atoms with van der Waals surface area (Å²) < 4.78 is 0. The molecule has 0 saturated heterocycles. The van der Waals surface area contributed by atoms with Gasteiger partial charge in [-0.25, -0.2) is 0 Å². The lowest BCUT2D eigenvalue weighted by molar-refractivity contribution is 0.921. The summed E-state index contributed by atoms with van der Waals surface area (Å²) in [5, 5.41) is 0. The van der Waals surface area contributed by atoms with Gasteiger partial charge in [0, 0.05) is 19.7 Å². The van der Waals surface area contributed by atoms with Crippen LogP contribution in [0.3, 0.4) is 0 Å². The van der Waals surface area contributed by atoms with Gasteiger partial charge in [0.1, 0.15) is 0 Å². The number of nitrogens with zero attached hydrogens (tertiary/aromatic N) is 4. The lowest BCUT2D eigenvalue weighted by atomic mass is 10.1. The molecule has 2 N–H and O–H groups in total. The third-order valence-corrected chi connectivity index (χ3v) is 2.76. The molecule has 5 heteroatoms. The normalized spacial score (nSPS) is 10.5. The Balaban J connectivity index is 2.43. The fourth-order valence-electron chi connectivity index (χ4n) is 1.86. The van der Waals surface area contributed by atoms with E-state index in [2.05, 4.69) is 34.0 Å². The number of aromatic nitrogens is 3. The van der Waals surface area contributed by atoms with Crippen LogP contribution in [0.5, 0.6) is 0 Å². The van der Waals surface area contributed by atoms with Gasteiger partial charge in [-0.3, -0.25) is 0 Å². The number of aryl methyl sites for hydroxylation is 1. The maximum Gasteiger partial charge on any atom is 0.230 e. The lowest BCUT2D eigenvalue weighted by Gasteiger charge is -2.11. The minimum atomic E-state index is 0.245. The van der Waals surface area contributed by atoms with Gasteiger partial charge in [-0.1, -0.05) is 31.5 Å². The maximum atomic E-state index is 5.74. The zero-order chi connectivity index (χ0) is 13.8.